The van der Waals surface area contributed by atoms with Gasteiger partial charge in [-0.1, -0.05) is 0 Å². The summed E-state index contributed by atoms with van der Waals surface area (Å²) in [5, 5.41) is 20.1. The van der Waals surface area contributed by atoms with Crippen LogP contribution in [0.1, 0.15) is 31.1 Å². The van der Waals surface area contributed by atoms with Gasteiger partial charge in [-0.05, 0) is 52.2 Å². The molecule has 1 aromatic rings. The van der Waals surface area contributed by atoms with E-state index in [0.717, 1.165) is 0 Å². The van der Waals surface area contributed by atoms with Crippen molar-refractivity contribution in [3.05, 3.63) is 29.8 Å². The Kier molecular flexibility index (Phi) is 6.89. The van der Waals surface area contributed by atoms with Crippen molar-refractivity contribution in [1.29, 1.82) is 0 Å². The lowest BCUT2D eigenvalue weighted by Crippen LogP contribution is -2.37. The molecular formula is C14H22N2O4. The standard InChI is InChI=1S/C9H9NO3.C5H13NO/c1-6(11)10-8-4-2-7(3-5-8)9(12)13;1-5(2,7)6(3)4/h2-5H,1H3,(H,10,11)(H,12,13);7H,1-4H3. The van der Waals surface area contributed by atoms with Crippen molar-refractivity contribution in [3.8, 4) is 0 Å². The predicted octanol–water partition coefficient (Wildman–Crippen LogP) is 1.62. The topological polar surface area (TPSA) is 89.9 Å². The maximum atomic E-state index is 10.6. The summed E-state index contributed by atoms with van der Waals surface area (Å²) in [6.45, 7) is 4.88. The van der Waals surface area contributed by atoms with Gasteiger partial charge in [0.15, 0.2) is 0 Å². The molecule has 0 saturated carbocycles. The Bertz CT molecular complexity index is 447. The van der Waals surface area contributed by atoms with E-state index in [-0.39, 0.29) is 11.5 Å². The quantitative estimate of drug-likeness (QED) is 0.733. The zero-order chi connectivity index (χ0) is 15.9. The molecule has 0 aliphatic rings. The minimum atomic E-state index is -0.977. The van der Waals surface area contributed by atoms with Crippen LogP contribution < -0.4 is 5.32 Å². The normalized spacial score (nSPS) is 10.6. The van der Waals surface area contributed by atoms with Crippen molar-refractivity contribution in [1.82, 2.24) is 4.90 Å². The molecule has 0 heterocycles. The number of nitrogens with one attached hydrogen (secondary N) is 1. The number of hydrogen-bond acceptors (Lipinski definition) is 4. The molecule has 6 heteroatoms. The van der Waals surface area contributed by atoms with E-state index in [9.17, 15) is 9.59 Å². The van der Waals surface area contributed by atoms with Crippen LogP contribution in [0.25, 0.3) is 0 Å². The van der Waals surface area contributed by atoms with Crippen molar-refractivity contribution >= 4 is 17.6 Å². The van der Waals surface area contributed by atoms with Crippen molar-refractivity contribution in [2.24, 2.45) is 0 Å². The highest BCUT2D eigenvalue weighted by Crippen LogP contribution is 2.08. The van der Waals surface area contributed by atoms with Crippen LogP contribution in [0.15, 0.2) is 24.3 Å². The van der Waals surface area contributed by atoms with Crippen LogP contribution in [0, 0.1) is 0 Å². The fourth-order valence-corrected chi connectivity index (χ4v) is 0.899. The molecule has 0 aliphatic heterocycles. The molecule has 1 aromatic carbocycles. The first kappa shape index (κ1) is 18.1. The Morgan fingerprint density at radius 3 is 1.80 bits per heavy atom. The van der Waals surface area contributed by atoms with Gasteiger partial charge in [-0.3, -0.25) is 9.69 Å². The van der Waals surface area contributed by atoms with Gasteiger partial charge in [0.2, 0.25) is 5.91 Å². The van der Waals surface area contributed by atoms with Gasteiger partial charge >= 0.3 is 5.97 Å². The van der Waals surface area contributed by atoms with Crippen molar-refractivity contribution < 1.29 is 19.8 Å². The fourth-order valence-electron chi connectivity index (χ4n) is 0.899. The summed E-state index contributed by atoms with van der Waals surface area (Å²) in [5.74, 6) is -1.16. The van der Waals surface area contributed by atoms with E-state index in [1.165, 1.54) is 19.1 Å². The fraction of sp³-hybridized carbons (Fsp3) is 0.429. The average molecular weight is 282 g/mol. The minimum absolute atomic E-state index is 0.178. The lowest BCUT2D eigenvalue weighted by Gasteiger charge is -2.25. The third-order valence-corrected chi connectivity index (χ3v) is 2.55. The summed E-state index contributed by atoms with van der Waals surface area (Å²) in [6, 6.07) is 5.97. The number of carbonyl (C=O) groups excluding carboxylic acids is 1. The van der Waals surface area contributed by atoms with Crippen LogP contribution in [-0.4, -0.2) is 46.8 Å². The Morgan fingerprint density at radius 1 is 1.15 bits per heavy atom. The van der Waals surface area contributed by atoms with E-state index in [4.69, 9.17) is 10.2 Å². The highest BCUT2D eigenvalue weighted by atomic mass is 16.4. The van der Waals surface area contributed by atoms with Gasteiger partial charge in [-0.2, -0.15) is 0 Å². The number of aromatic carboxylic acids is 1. The molecule has 1 rings (SSSR count). The van der Waals surface area contributed by atoms with Crippen LogP contribution >= 0.6 is 0 Å². The van der Waals surface area contributed by atoms with E-state index in [0.29, 0.717) is 5.69 Å². The number of aliphatic hydroxyl groups is 1. The molecule has 1 amide bonds. The molecule has 0 bridgehead atoms. The van der Waals surface area contributed by atoms with Crippen LogP contribution in [0.3, 0.4) is 0 Å². The highest BCUT2D eigenvalue weighted by Gasteiger charge is 2.13. The second-order valence-corrected chi connectivity index (χ2v) is 4.95. The van der Waals surface area contributed by atoms with Crippen LogP contribution in [0.4, 0.5) is 5.69 Å². The molecule has 0 unspecified atom stereocenters. The summed E-state index contributed by atoms with van der Waals surface area (Å²) >= 11 is 0. The zero-order valence-electron chi connectivity index (χ0n) is 12.5. The maximum Gasteiger partial charge on any atom is 0.335 e. The van der Waals surface area contributed by atoms with E-state index in [2.05, 4.69) is 5.32 Å². The van der Waals surface area contributed by atoms with Crippen LogP contribution in [0.5, 0.6) is 0 Å². The second kappa shape index (κ2) is 7.62. The third-order valence-electron chi connectivity index (χ3n) is 2.55. The lowest BCUT2D eigenvalue weighted by atomic mass is 10.2. The summed E-state index contributed by atoms with van der Waals surface area (Å²) in [7, 11) is 3.67. The van der Waals surface area contributed by atoms with E-state index >= 15 is 0 Å². The van der Waals surface area contributed by atoms with Gasteiger partial charge in [-0.15, -0.1) is 0 Å². The monoisotopic (exact) mass is 282 g/mol. The molecule has 0 radical (unpaired) electrons. The number of nitrogens with zero attached hydrogens (tertiary/aromatic N) is 1. The molecule has 0 aromatic heterocycles. The SMILES string of the molecule is CC(=O)Nc1ccc(C(=O)O)cc1.CN(C)C(C)(C)O. The number of benzene rings is 1. The smallest absolute Gasteiger partial charge is 0.335 e. The summed E-state index contributed by atoms with van der Waals surface area (Å²) in [6.07, 6.45) is 0. The van der Waals surface area contributed by atoms with Gasteiger partial charge in [-0.25, -0.2) is 4.79 Å². The van der Waals surface area contributed by atoms with Crippen LogP contribution in [-0.2, 0) is 4.79 Å². The van der Waals surface area contributed by atoms with Crippen molar-refractivity contribution in [2.45, 2.75) is 26.5 Å². The van der Waals surface area contributed by atoms with E-state index < -0.39 is 11.7 Å². The second-order valence-electron chi connectivity index (χ2n) is 4.95. The van der Waals surface area contributed by atoms with Gasteiger partial charge in [0.05, 0.1) is 5.56 Å². The first-order valence-corrected chi connectivity index (χ1v) is 6.04. The molecule has 0 fully saturated rings. The molecule has 6 nitrogen and oxygen atoms in total. The summed E-state index contributed by atoms with van der Waals surface area (Å²) in [4.78, 5) is 22.8. The minimum Gasteiger partial charge on any atom is -0.478 e. The third kappa shape index (κ3) is 7.50. The number of anilines is 1. The Morgan fingerprint density at radius 2 is 1.55 bits per heavy atom. The average Bonchev–Trinajstić information content (AvgIpc) is 2.28. The Hall–Kier alpha value is -1.92. The van der Waals surface area contributed by atoms with Gasteiger partial charge in [0, 0.05) is 12.6 Å². The largest absolute Gasteiger partial charge is 0.478 e. The number of rotatable bonds is 3. The molecule has 3 N–H and O–H groups in total. The first-order valence-electron chi connectivity index (χ1n) is 6.04. The number of carboxylic acids is 1. The Balaban J connectivity index is 0.000000441. The zero-order valence-corrected chi connectivity index (χ0v) is 12.5. The Labute approximate surface area is 119 Å². The maximum absolute atomic E-state index is 10.6. The number of carbonyl (C=O) groups is 2. The number of amides is 1. The summed E-state index contributed by atoms with van der Waals surface area (Å²) < 4.78 is 0. The van der Waals surface area contributed by atoms with E-state index in [1.54, 1.807) is 30.9 Å². The van der Waals surface area contributed by atoms with Gasteiger partial charge in [0.25, 0.3) is 0 Å². The lowest BCUT2D eigenvalue weighted by molar-refractivity contribution is -0.114. The molecule has 0 atom stereocenters. The molecule has 112 valence electrons. The van der Waals surface area contributed by atoms with E-state index in [1.807, 2.05) is 14.1 Å². The van der Waals surface area contributed by atoms with Crippen molar-refractivity contribution in [2.75, 3.05) is 19.4 Å². The van der Waals surface area contributed by atoms with Crippen LogP contribution in [0.2, 0.25) is 0 Å². The van der Waals surface area contributed by atoms with Crippen molar-refractivity contribution in [3.63, 3.8) is 0 Å². The predicted molar refractivity (Wildman–Crippen MR) is 77.7 cm³/mol. The molecular weight excluding hydrogens is 260 g/mol. The molecule has 0 aliphatic carbocycles. The number of carboxylic acid groups (broad SMARTS) is 1. The molecule has 0 spiro atoms. The van der Waals surface area contributed by atoms with Gasteiger partial charge < -0.3 is 15.5 Å². The molecule has 0 saturated heterocycles. The highest BCUT2D eigenvalue weighted by molar-refractivity contribution is 5.91. The molecule has 20 heavy (non-hydrogen) atoms. The number of hydrogen-bond donors (Lipinski definition) is 3. The van der Waals surface area contributed by atoms with Gasteiger partial charge in [0.1, 0.15) is 5.72 Å². The first-order chi connectivity index (χ1) is 9.04. The summed E-state index contributed by atoms with van der Waals surface area (Å²) in [5.41, 5.74) is 0.131.